The van der Waals surface area contributed by atoms with E-state index in [0.29, 0.717) is 17.9 Å². The van der Waals surface area contributed by atoms with Crippen LogP contribution in [0.3, 0.4) is 0 Å². The van der Waals surface area contributed by atoms with Crippen molar-refractivity contribution in [1.29, 1.82) is 0 Å². The zero-order chi connectivity index (χ0) is 25.4. The Morgan fingerprint density at radius 1 is 0.829 bits per heavy atom. The van der Waals surface area contributed by atoms with Crippen molar-refractivity contribution in [3.05, 3.63) is 89.5 Å². The molecule has 7 nitrogen and oxygen atoms in total. The quantitative estimate of drug-likeness (QED) is 0.406. The van der Waals surface area contributed by atoms with Gasteiger partial charge in [-0.15, -0.1) is 0 Å². The van der Waals surface area contributed by atoms with Crippen LogP contribution in [0.4, 0.5) is 0 Å². The highest BCUT2D eigenvalue weighted by atomic mass is 32.2. The summed E-state index contributed by atoms with van der Waals surface area (Å²) < 4.78 is 38.8. The molecule has 0 saturated heterocycles. The van der Waals surface area contributed by atoms with Crippen molar-refractivity contribution in [3.8, 4) is 11.5 Å². The molecule has 8 heteroatoms. The zero-order valence-corrected chi connectivity index (χ0v) is 21.3. The number of hydrogen-bond donors (Lipinski definition) is 2. The third-order valence-electron chi connectivity index (χ3n) is 5.79. The summed E-state index contributed by atoms with van der Waals surface area (Å²) in [5, 5.41) is 2.99. The van der Waals surface area contributed by atoms with Crippen molar-refractivity contribution < 1.29 is 22.7 Å². The summed E-state index contributed by atoms with van der Waals surface area (Å²) in [6.07, 6.45) is 0.783. The Kier molecular flexibility index (Phi) is 8.89. The lowest BCUT2D eigenvalue weighted by Gasteiger charge is -2.17. The lowest BCUT2D eigenvalue weighted by molar-refractivity contribution is -0.121. The van der Waals surface area contributed by atoms with Gasteiger partial charge in [-0.2, -0.15) is 0 Å². The standard InChI is InChI=1S/C27H32N2O5S/c1-19(23-13-16-25(33-3)26(18-23)34-4)28-27(30)17-12-21-10-14-24(15-11-21)35(31,32)29-20(2)22-8-6-5-7-9-22/h5-11,13-16,18-20,29H,12,17H2,1-4H3,(H,28,30)/t19-,20+/m0/s1. The number of nitrogens with one attached hydrogen (secondary N) is 2. The van der Waals surface area contributed by atoms with Crippen LogP contribution in [0.5, 0.6) is 11.5 Å². The van der Waals surface area contributed by atoms with Crippen LogP contribution in [-0.2, 0) is 21.2 Å². The van der Waals surface area contributed by atoms with Gasteiger partial charge in [0.25, 0.3) is 0 Å². The van der Waals surface area contributed by atoms with Gasteiger partial charge in [0.2, 0.25) is 15.9 Å². The fraction of sp³-hybridized carbons (Fsp3) is 0.296. The van der Waals surface area contributed by atoms with E-state index in [2.05, 4.69) is 10.0 Å². The molecule has 0 fully saturated rings. The first kappa shape index (κ1) is 26.2. The minimum absolute atomic E-state index is 0.0951. The molecule has 0 spiro atoms. The van der Waals surface area contributed by atoms with Crippen LogP contribution < -0.4 is 19.5 Å². The Balaban J connectivity index is 1.54. The molecule has 1 amide bonds. The molecule has 186 valence electrons. The third kappa shape index (κ3) is 7.07. The minimum Gasteiger partial charge on any atom is -0.493 e. The van der Waals surface area contributed by atoms with E-state index in [1.807, 2.05) is 62.4 Å². The monoisotopic (exact) mass is 496 g/mol. The maximum atomic E-state index is 12.7. The summed E-state index contributed by atoms with van der Waals surface area (Å²) in [6, 6.07) is 21.0. The molecule has 0 aliphatic rings. The Bertz CT molecular complexity index is 1230. The van der Waals surface area contributed by atoms with Crippen LogP contribution in [0.15, 0.2) is 77.7 Å². The van der Waals surface area contributed by atoms with Crippen molar-refractivity contribution in [1.82, 2.24) is 10.0 Å². The molecule has 0 aromatic heterocycles. The molecule has 2 N–H and O–H groups in total. The van der Waals surface area contributed by atoms with Gasteiger partial charge in [0.05, 0.1) is 25.2 Å². The first-order valence-corrected chi connectivity index (χ1v) is 12.9. The third-order valence-corrected chi connectivity index (χ3v) is 7.35. The molecule has 0 unspecified atom stereocenters. The van der Waals surface area contributed by atoms with E-state index in [1.54, 1.807) is 38.5 Å². The first-order valence-electron chi connectivity index (χ1n) is 11.4. The lowest BCUT2D eigenvalue weighted by Crippen LogP contribution is -2.27. The maximum Gasteiger partial charge on any atom is 0.241 e. The molecule has 0 aliphatic heterocycles. The van der Waals surface area contributed by atoms with Crippen molar-refractivity contribution in [2.45, 2.75) is 43.7 Å². The molecule has 0 bridgehead atoms. The number of hydrogen-bond acceptors (Lipinski definition) is 5. The van der Waals surface area contributed by atoms with Crippen LogP contribution in [0.25, 0.3) is 0 Å². The number of aryl methyl sites for hydroxylation is 1. The molecule has 2 atom stereocenters. The van der Waals surface area contributed by atoms with Crippen LogP contribution in [0.1, 0.15) is 49.0 Å². The number of ether oxygens (including phenoxy) is 2. The number of carbonyl (C=O) groups is 1. The highest BCUT2D eigenvalue weighted by molar-refractivity contribution is 7.89. The van der Waals surface area contributed by atoms with E-state index in [9.17, 15) is 13.2 Å². The maximum absolute atomic E-state index is 12.7. The van der Waals surface area contributed by atoms with Crippen molar-refractivity contribution >= 4 is 15.9 Å². The van der Waals surface area contributed by atoms with Crippen molar-refractivity contribution in [3.63, 3.8) is 0 Å². The Morgan fingerprint density at radius 2 is 1.49 bits per heavy atom. The number of carbonyl (C=O) groups excluding carboxylic acids is 1. The Labute approximate surface area is 207 Å². The average Bonchev–Trinajstić information content (AvgIpc) is 2.87. The fourth-order valence-corrected chi connectivity index (χ4v) is 4.95. The van der Waals surface area contributed by atoms with E-state index in [1.165, 1.54) is 0 Å². The van der Waals surface area contributed by atoms with E-state index < -0.39 is 10.0 Å². The van der Waals surface area contributed by atoms with Gasteiger partial charge >= 0.3 is 0 Å². The molecule has 0 radical (unpaired) electrons. The molecule has 0 heterocycles. The number of amides is 1. The molecule has 0 saturated carbocycles. The van der Waals surface area contributed by atoms with Crippen molar-refractivity contribution in [2.75, 3.05) is 14.2 Å². The smallest absolute Gasteiger partial charge is 0.241 e. The number of methoxy groups -OCH3 is 2. The van der Waals surface area contributed by atoms with Crippen LogP contribution in [0, 0.1) is 0 Å². The number of benzene rings is 3. The summed E-state index contributed by atoms with van der Waals surface area (Å²) in [5.74, 6) is 1.14. The molecule has 3 aromatic rings. The van der Waals surface area contributed by atoms with Crippen molar-refractivity contribution in [2.24, 2.45) is 0 Å². The van der Waals surface area contributed by atoms with Crippen LogP contribution in [0.2, 0.25) is 0 Å². The number of sulfonamides is 1. The predicted molar refractivity (Wildman–Crippen MR) is 136 cm³/mol. The number of rotatable bonds is 11. The van der Waals surface area contributed by atoms with E-state index in [4.69, 9.17) is 9.47 Å². The molecular formula is C27H32N2O5S. The SMILES string of the molecule is COc1ccc([C@H](C)NC(=O)CCc2ccc(S(=O)(=O)N[C@H](C)c3ccccc3)cc2)cc1OC. The Morgan fingerprint density at radius 3 is 2.11 bits per heavy atom. The summed E-state index contributed by atoms with van der Waals surface area (Å²) >= 11 is 0. The topological polar surface area (TPSA) is 93.7 Å². The molecule has 3 rings (SSSR count). The van der Waals surface area contributed by atoms with Gasteiger partial charge in [-0.1, -0.05) is 48.5 Å². The first-order chi connectivity index (χ1) is 16.7. The van der Waals surface area contributed by atoms with Gasteiger partial charge in [-0.3, -0.25) is 4.79 Å². The second-order valence-corrected chi connectivity index (χ2v) is 10.0. The summed E-state index contributed by atoms with van der Waals surface area (Å²) in [5.41, 5.74) is 2.68. The van der Waals surface area contributed by atoms with E-state index in [-0.39, 0.29) is 29.3 Å². The molecule has 0 aliphatic carbocycles. The van der Waals surface area contributed by atoms with Gasteiger partial charge in [-0.25, -0.2) is 13.1 Å². The van der Waals surface area contributed by atoms with Gasteiger partial charge in [0, 0.05) is 12.5 Å². The van der Waals surface area contributed by atoms with Gasteiger partial charge in [0.15, 0.2) is 11.5 Å². The highest BCUT2D eigenvalue weighted by Gasteiger charge is 2.18. The fourth-order valence-electron chi connectivity index (χ4n) is 3.72. The van der Waals surface area contributed by atoms with Gasteiger partial charge < -0.3 is 14.8 Å². The summed E-state index contributed by atoms with van der Waals surface area (Å²) in [7, 11) is -0.515. The second kappa shape index (κ2) is 11.9. The van der Waals surface area contributed by atoms with E-state index >= 15 is 0 Å². The van der Waals surface area contributed by atoms with Gasteiger partial charge in [0.1, 0.15) is 0 Å². The van der Waals surface area contributed by atoms with E-state index in [0.717, 1.165) is 16.7 Å². The lowest BCUT2D eigenvalue weighted by atomic mass is 10.1. The zero-order valence-electron chi connectivity index (χ0n) is 20.4. The average molecular weight is 497 g/mol. The normalized spacial score (nSPS) is 13.0. The predicted octanol–water partition coefficient (Wildman–Crippen LogP) is 4.55. The molecular weight excluding hydrogens is 464 g/mol. The molecule has 35 heavy (non-hydrogen) atoms. The van der Waals surface area contributed by atoms with Gasteiger partial charge in [-0.05, 0) is 61.2 Å². The highest BCUT2D eigenvalue weighted by Crippen LogP contribution is 2.30. The summed E-state index contributed by atoms with van der Waals surface area (Å²) in [6.45, 7) is 3.71. The molecule has 3 aromatic carbocycles. The second-order valence-electron chi connectivity index (χ2n) is 8.30. The Hall–Kier alpha value is -3.36. The largest absolute Gasteiger partial charge is 0.493 e. The van der Waals surface area contributed by atoms with Crippen LogP contribution >= 0.6 is 0 Å². The summed E-state index contributed by atoms with van der Waals surface area (Å²) in [4.78, 5) is 12.7. The van der Waals surface area contributed by atoms with Crippen LogP contribution in [-0.4, -0.2) is 28.5 Å². The minimum atomic E-state index is -3.66.